The Labute approximate surface area is 88.6 Å². The van der Waals surface area contributed by atoms with Crippen LogP contribution in [0.5, 0.6) is 0 Å². The monoisotopic (exact) mass is 203 g/mol. The van der Waals surface area contributed by atoms with Gasteiger partial charge in [0.05, 0.1) is 0 Å². The quantitative estimate of drug-likeness (QED) is 0.708. The summed E-state index contributed by atoms with van der Waals surface area (Å²) in [6, 6.07) is 3.50. The second-order valence-electron chi connectivity index (χ2n) is 3.37. The van der Waals surface area contributed by atoms with E-state index >= 15 is 0 Å². The van der Waals surface area contributed by atoms with Gasteiger partial charge in [-0.05, 0) is 18.6 Å². The first-order valence-corrected chi connectivity index (χ1v) is 4.97. The Kier molecular flexibility index (Phi) is 2.97. The van der Waals surface area contributed by atoms with E-state index in [0.29, 0.717) is 6.54 Å². The van der Waals surface area contributed by atoms with E-state index in [4.69, 9.17) is 0 Å². The molecule has 0 saturated heterocycles. The van der Waals surface area contributed by atoms with Crippen molar-refractivity contribution in [2.75, 3.05) is 18.4 Å². The lowest BCUT2D eigenvalue weighted by atomic mass is 10.2. The average Bonchev–Trinajstić information content (AvgIpc) is 2.31. The number of hydrogen-bond donors (Lipinski definition) is 1. The molecule has 0 aliphatic carbocycles. The number of nitrogens with zero attached hydrogens (tertiary/aromatic N) is 2. The Balaban J connectivity index is 1.95. The number of aromatic nitrogens is 1. The van der Waals surface area contributed by atoms with Gasteiger partial charge in [-0.2, -0.15) is 0 Å². The van der Waals surface area contributed by atoms with E-state index in [1.807, 2.05) is 6.08 Å². The summed E-state index contributed by atoms with van der Waals surface area (Å²) in [6.07, 6.45) is 8.35. The molecule has 1 aliphatic rings. The van der Waals surface area contributed by atoms with Gasteiger partial charge in [-0.3, -0.25) is 4.98 Å². The first-order chi connectivity index (χ1) is 7.36. The van der Waals surface area contributed by atoms with Gasteiger partial charge in [-0.25, -0.2) is 4.79 Å². The first kappa shape index (κ1) is 9.71. The van der Waals surface area contributed by atoms with Gasteiger partial charge in [-0.15, -0.1) is 0 Å². The zero-order valence-electron chi connectivity index (χ0n) is 8.39. The maximum atomic E-state index is 11.7. The number of carbonyl (C=O) groups is 1. The molecule has 1 aliphatic heterocycles. The van der Waals surface area contributed by atoms with Crippen LogP contribution in [0.2, 0.25) is 0 Å². The predicted octanol–water partition coefficient (Wildman–Crippen LogP) is 1.88. The van der Waals surface area contributed by atoms with Crippen LogP contribution < -0.4 is 5.32 Å². The van der Waals surface area contributed by atoms with Gasteiger partial charge in [0.15, 0.2) is 0 Å². The van der Waals surface area contributed by atoms with E-state index in [9.17, 15) is 4.79 Å². The Morgan fingerprint density at radius 1 is 1.33 bits per heavy atom. The maximum absolute atomic E-state index is 11.7. The van der Waals surface area contributed by atoms with Crippen LogP contribution in [-0.4, -0.2) is 29.0 Å². The molecule has 1 aromatic heterocycles. The van der Waals surface area contributed by atoms with Crippen molar-refractivity contribution in [1.29, 1.82) is 0 Å². The van der Waals surface area contributed by atoms with Gasteiger partial charge in [-0.1, -0.05) is 12.2 Å². The number of carbonyl (C=O) groups excluding carboxylic acids is 1. The zero-order chi connectivity index (χ0) is 10.5. The second-order valence-corrected chi connectivity index (χ2v) is 3.37. The highest BCUT2D eigenvalue weighted by molar-refractivity contribution is 5.89. The van der Waals surface area contributed by atoms with Crippen LogP contribution in [-0.2, 0) is 0 Å². The minimum atomic E-state index is -0.0504. The topological polar surface area (TPSA) is 45.2 Å². The third-order valence-corrected chi connectivity index (χ3v) is 2.28. The third-order valence-electron chi connectivity index (χ3n) is 2.28. The summed E-state index contributed by atoms with van der Waals surface area (Å²) in [5.41, 5.74) is 0.782. The van der Waals surface area contributed by atoms with Crippen LogP contribution in [0.25, 0.3) is 0 Å². The predicted molar refractivity (Wildman–Crippen MR) is 58.6 cm³/mol. The molecule has 0 unspecified atom stereocenters. The number of anilines is 1. The second kappa shape index (κ2) is 4.59. The smallest absolute Gasteiger partial charge is 0.321 e. The van der Waals surface area contributed by atoms with Crippen LogP contribution in [0.4, 0.5) is 10.5 Å². The van der Waals surface area contributed by atoms with Gasteiger partial charge in [0.2, 0.25) is 0 Å². The summed E-state index contributed by atoms with van der Waals surface area (Å²) in [5, 5.41) is 2.82. The highest BCUT2D eigenvalue weighted by Gasteiger charge is 2.13. The third kappa shape index (κ3) is 2.56. The van der Waals surface area contributed by atoms with E-state index < -0.39 is 0 Å². The number of nitrogens with one attached hydrogen (secondary N) is 1. The Bertz CT molecular complexity index is 361. The van der Waals surface area contributed by atoms with E-state index in [1.165, 1.54) is 0 Å². The molecular weight excluding hydrogens is 190 g/mol. The van der Waals surface area contributed by atoms with Crippen molar-refractivity contribution in [3.05, 3.63) is 36.7 Å². The molecule has 2 amide bonds. The fourth-order valence-corrected chi connectivity index (χ4v) is 1.46. The molecule has 2 heterocycles. The molecule has 1 N–H and O–H groups in total. The minimum absolute atomic E-state index is 0.0504. The molecule has 78 valence electrons. The van der Waals surface area contributed by atoms with Crippen molar-refractivity contribution in [1.82, 2.24) is 9.88 Å². The number of urea groups is 1. The van der Waals surface area contributed by atoms with E-state index in [1.54, 1.807) is 29.4 Å². The van der Waals surface area contributed by atoms with Crippen molar-refractivity contribution >= 4 is 11.7 Å². The summed E-state index contributed by atoms with van der Waals surface area (Å²) < 4.78 is 0. The fourth-order valence-electron chi connectivity index (χ4n) is 1.46. The van der Waals surface area contributed by atoms with Gasteiger partial charge >= 0.3 is 6.03 Å². The molecular formula is C11H13N3O. The van der Waals surface area contributed by atoms with Crippen LogP contribution in [0.15, 0.2) is 36.7 Å². The minimum Gasteiger partial charge on any atom is -0.321 e. The first-order valence-electron chi connectivity index (χ1n) is 4.97. The van der Waals surface area contributed by atoms with E-state index in [2.05, 4.69) is 16.4 Å². The molecule has 0 atom stereocenters. The SMILES string of the molecule is O=C(Nc1ccncc1)N1CC=CCC1. The van der Waals surface area contributed by atoms with Crippen molar-refractivity contribution in [2.24, 2.45) is 0 Å². The fraction of sp³-hybridized carbons (Fsp3) is 0.273. The molecule has 4 heteroatoms. The van der Waals surface area contributed by atoms with Gasteiger partial charge in [0.25, 0.3) is 0 Å². The zero-order valence-corrected chi connectivity index (χ0v) is 8.39. The van der Waals surface area contributed by atoms with Crippen molar-refractivity contribution in [3.63, 3.8) is 0 Å². The molecule has 0 spiro atoms. The lowest BCUT2D eigenvalue weighted by molar-refractivity contribution is 0.216. The Hall–Kier alpha value is -1.84. The molecule has 0 radical (unpaired) electrons. The molecule has 0 bridgehead atoms. The van der Waals surface area contributed by atoms with Crippen LogP contribution in [0.3, 0.4) is 0 Å². The normalized spacial score (nSPS) is 15.1. The summed E-state index contributed by atoms with van der Waals surface area (Å²) in [7, 11) is 0. The lowest BCUT2D eigenvalue weighted by Crippen LogP contribution is -2.37. The number of amides is 2. The summed E-state index contributed by atoms with van der Waals surface area (Å²) in [6.45, 7) is 1.48. The Morgan fingerprint density at radius 3 is 2.80 bits per heavy atom. The Morgan fingerprint density at radius 2 is 2.13 bits per heavy atom. The maximum Gasteiger partial charge on any atom is 0.322 e. The van der Waals surface area contributed by atoms with Crippen molar-refractivity contribution < 1.29 is 4.79 Å². The molecule has 2 rings (SSSR count). The molecule has 15 heavy (non-hydrogen) atoms. The van der Waals surface area contributed by atoms with Crippen LogP contribution in [0.1, 0.15) is 6.42 Å². The number of hydrogen-bond acceptors (Lipinski definition) is 2. The molecule has 1 aromatic rings. The lowest BCUT2D eigenvalue weighted by Gasteiger charge is -2.23. The van der Waals surface area contributed by atoms with Crippen LogP contribution >= 0.6 is 0 Å². The molecule has 4 nitrogen and oxygen atoms in total. The molecule has 0 aromatic carbocycles. The van der Waals surface area contributed by atoms with Crippen molar-refractivity contribution in [2.45, 2.75) is 6.42 Å². The summed E-state index contributed by atoms with van der Waals surface area (Å²) in [5.74, 6) is 0. The highest BCUT2D eigenvalue weighted by Crippen LogP contribution is 2.07. The average molecular weight is 203 g/mol. The highest BCUT2D eigenvalue weighted by atomic mass is 16.2. The standard InChI is InChI=1S/C11H13N3O/c15-11(14-8-2-1-3-9-14)13-10-4-6-12-7-5-10/h1-2,4-7H,3,8-9H2,(H,12,13,15). The van der Waals surface area contributed by atoms with E-state index in [-0.39, 0.29) is 6.03 Å². The van der Waals surface area contributed by atoms with Gasteiger partial charge < -0.3 is 10.2 Å². The van der Waals surface area contributed by atoms with E-state index in [0.717, 1.165) is 18.7 Å². The summed E-state index contributed by atoms with van der Waals surface area (Å²) in [4.78, 5) is 17.4. The number of rotatable bonds is 1. The van der Waals surface area contributed by atoms with Gasteiger partial charge in [0.1, 0.15) is 0 Å². The van der Waals surface area contributed by atoms with Crippen molar-refractivity contribution in [3.8, 4) is 0 Å². The molecule has 0 fully saturated rings. The van der Waals surface area contributed by atoms with Gasteiger partial charge in [0, 0.05) is 31.2 Å². The largest absolute Gasteiger partial charge is 0.322 e. The summed E-state index contributed by atoms with van der Waals surface area (Å²) >= 11 is 0. The van der Waals surface area contributed by atoms with Crippen LogP contribution in [0, 0.1) is 0 Å². The number of pyridine rings is 1. The molecule has 0 saturated carbocycles.